The van der Waals surface area contributed by atoms with Crippen molar-refractivity contribution in [3.8, 4) is 0 Å². The molecule has 6 aromatic carbocycles. The molecule has 7 nitrogen and oxygen atoms in total. The maximum Gasteiger partial charge on any atom is 0.494 e. The summed E-state index contributed by atoms with van der Waals surface area (Å²) in [5.41, 5.74) is 5.93. The van der Waals surface area contributed by atoms with Gasteiger partial charge in [0.05, 0.1) is 50.0 Å². The molecular weight excluding hydrogens is 654 g/mol. The van der Waals surface area contributed by atoms with Crippen molar-refractivity contribution in [3.63, 3.8) is 0 Å². The molecule has 2 aliphatic heterocycles. The molecule has 0 amide bonds. The lowest BCUT2D eigenvalue weighted by Crippen LogP contribution is -2.41. The number of furan rings is 2. The number of anilines is 4. The van der Waals surface area contributed by atoms with Gasteiger partial charge in [-0.25, -0.2) is 0 Å². The summed E-state index contributed by atoms with van der Waals surface area (Å²) in [4.78, 5) is 0. The van der Waals surface area contributed by atoms with Gasteiger partial charge in [-0.15, -0.1) is 0 Å². The van der Waals surface area contributed by atoms with E-state index >= 15 is 4.57 Å². The van der Waals surface area contributed by atoms with Gasteiger partial charge in [-0.1, -0.05) is 72.8 Å². The molecule has 0 aliphatic carbocycles. The van der Waals surface area contributed by atoms with Crippen LogP contribution in [0.25, 0.3) is 43.9 Å². The predicted molar refractivity (Wildman–Crippen MR) is 208 cm³/mol. The lowest BCUT2D eigenvalue weighted by atomic mass is 9.78. The number of nitrogens with zero attached hydrogens (tertiary/aromatic N) is 2. The molecule has 1 fully saturated rings. The van der Waals surface area contributed by atoms with Crippen molar-refractivity contribution in [2.75, 3.05) is 9.34 Å². The molecule has 9 heteroatoms. The van der Waals surface area contributed by atoms with Crippen LogP contribution in [0.1, 0.15) is 27.7 Å². The summed E-state index contributed by atoms with van der Waals surface area (Å²) < 4.78 is 46.9. The number of benzene rings is 6. The van der Waals surface area contributed by atoms with E-state index in [0.29, 0.717) is 5.30 Å². The summed E-state index contributed by atoms with van der Waals surface area (Å²) in [6, 6.07) is 44.0. The van der Waals surface area contributed by atoms with E-state index in [1.807, 2.05) is 119 Å². The average Bonchev–Trinajstić information content (AvgIpc) is 3.84. The lowest BCUT2D eigenvalue weighted by molar-refractivity contribution is 0.00578. The van der Waals surface area contributed by atoms with Crippen molar-refractivity contribution in [2.24, 2.45) is 0 Å². The predicted octanol–water partition coefficient (Wildman–Crippen LogP) is 10.6. The smallest absolute Gasteiger partial charge is 0.456 e. The minimum absolute atomic E-state index is 0.527. The van der Waals surface area contributed by atoms with Crippen molar-refractivity contribution in [1.29, 1.82) is 0 Å². The third kappa shape index (κ3) is 4.24. The van der Waals surface area contributed by atoms with Crippen molar-refractivity contribution in [3.05, 3.63) is 133 Å². The highest BCUT2D eigenvalue weighted by Crippen LogP contribution is 2.71. The fraction of sp³-hybridized carbons (Fsp3) is 0.143. The molecule has 0 N–H and O–H groups in total. The van der Waals surface area contributed by atoms with Crippen molar-refractivity contribution >= 4 is 92.0 Å². The molecule has 1 saturated heterocycles. The number of rotatable bonds is 4. The van der Waals surface area contributed by atoms with Gasteiger partial charge < -0.3 is 18.1 Å². The molecule has 51 heavy (non-hydrogen) atoms. The lowest BCUT2D eigenvalue weighted by Gasteiger charge is -2.33. The van der Waals surface area contributed by atoms with Gasteiger partial charge in [-0.05, 0) is 93.8 Å². The van der Waals surface area contributed by atoms with Crippen LogP contribution in [-0.4, -0.2) is 18.3 Å². The normalized spacial score (nSPS) is 19.6. The van der Waals surface area contributed by atoms with Crippen LogP contribution in [0.4, 0.5) is 22.7 Å². The number of hydrogen-bond donors (Lipinski definition) is 0. The highest BCUT2D eigenvalue weighted by molar-refractivity contribution is 7.76. The summed E-state index contributed by atoms with van der Waals surface area (Å²) in [6.07, 6.45) is 0. The minimum atomic E-state index is -3.79. The molecule has 8 aromatic rings. The molecule has 2 aromatic heterocycles. The third-order valence-electron chi connectivity index (χ3n) is 10.8. The molecule has 0 radical (unpaired) electrons. The zero-order valence-corrected chi connectivity index (χ0v) is 29.6. The molecule has 4 heterocycles. The van der Waals surface area contributed by atoms with E-state index in [0.717, 1.165) is 72.1 Å². The average molecular weight is 689 g/mol. The van der Waals surface area contributed by atoms with Crippen LogP contribution >= 0.6 is 7.44 Å². The van der Waals surface area contributed by atoms with Crippen molar-refractivity contribution in [1.82, 2.24) is 0 Å². The summed E-state index contributed by atoms with van der Waals surface area (Å²) in [5.74, 6) is 0. The fourth-order valence-electron chi connectivity index (χ4n) is 7.67. The first kappa shape index (κ1) is 30.6. The maximum atomic E-state index is 16.9. The summed E-state index contributed by atoms with van der Waals surface area (Å²) in [7, 11) is -4.40. The van der Waals surface area contributed by atoms with E-state index in [2.05, 4.69) is 52.0 Å². The molecule has 2 aliphatic rings. The molecule has 0 spiro atoms. The SMILES string of the molecule is CC1(C)OB(c2ccc3c(c2)N(c2cccc4oc5ccccc5c24)P(=O)(c2ccccc2)N3c2cccc3oc4ccccc4c23)OC1(C)C. The fourth-order valence-corrected chi connectivity index (χ4v) is 10.7. The molecule has 10 rings (SSSR count). The largest absolute Gasteiger partial charge is 0.494 e. The second-order valence-corrected chi connectivity index (χ2v) is 16.7. The van der Waals surface area contributed by atoms with E-state index < -0.39 is 25.8 Å². The van der Waals surface area contributed by atoms with E-state index in [1.165, 1.54) is 0 Å². The zero-order valence-electron chi connectivity index (χ0n) is 28.7. The Bertz CT molecular complexity index is 2720. The van der Waals surface area contributed by atoms with E-state index in [4.69, 9.17) is 18.1 Å². The van der Waals surface area contributed by atoms with Gasteiger partial charge in [0.15, 0.2) is 0 Å². The highest BCUT2D eigenvalue weighted by Gasteiger charge is 2.54. The van der Waals surface area contributed by atoms with E-state index in [1.54, 1.807) is 0 Å². The molecule has 0 saturated carbocycles. The number of para-hydroxylation sites is 2. The Morgan fingerprint density at radius 2 is 1.00 bits per heavy atom. The highest BCUT2D eigenvalue weighted by atomic mass is 31.2. The first-order chi connectivity index (χ1) is 24.7. The Labute approximate surface area is 295 Å². The Balaban J connectivity index is 1.31. The minimum Gasteiger partial charge on any atom is -0.456 e. The van der Waals surface area contributed by atoms with Crippen LogP contribution in [0.5, 0.6) is 0 Å². The van der Waals surface area contributed by atoms with Crippen LogP contribution in [0.15, 0.2) is 142 Å². The molecular formula is C42H34BN2O5P. The van der Waals surface area contributed by atoms with Gasteiger partial charge in [0.2, 0.25) is 0 Å². The first-order valence-electron chi connectivity index (χ1n) is 17.2. The number of hydrogen-bond acceptors (Lipinski definition) is 5. The monoisotopic (exact) mass is 688 g/mol. The zero-order chi connectivity index (χ0) is 34.7. The Morgan fingerprint density at radius 3 is 1.57 bits per heavy atom. The van der Waals surface area contributed by atoms with Gasteiger partial charge >= 0.3 is 14.6 Å². The van der Waals surface area contributed by atoms with E-state index in [-0.39, 0.29) is 0 Å². The summed E-state index contributed by atoms with van der Waals surface area (Å²) in [6.45, 7) is 8.22. The summed E-state index contributed by atoms with van der Waals surface area (Å²) in [5, 5.41) is 4.39. The number of fused-ring (bicyclic) bond motifs is 7. The van der Waals surface area contributed by atoms with Crippen LogP contribution in [0, 0.1) is 0 Å². The maximum absolute atomic E-state index is 16.9. The third-order valence-corrected chi connectivity index (χ3v) is 13.8. The Kier molecular flexibility index (Phi) is 6.37. The van der Waals surface area contributed by atoms with Gasteiger partial charge in [0, 0.05) is 10.8 Å². The molecule has 1 atom stereocenters. The van der Waals surface area contributed by atoms with Crippen LogP contribution < -0.4 is 20.1 Å². The molecule has 0 bridgehead atoms. The Morgan fingerprint density at radius 1 is 0.510 bits per heavy atom. The molecule has 1 unspecified atom stereocenters. The van der Waals surface area contributed by atoms with Gasteiger partial charge in [0.1, 0.15) is 22.3 Å². The van der Waals surface area contributed by atoms with Crippen LogP contribution in [0.3, 0.4) is 0 Å². The molecule has 250 valence electrons. The summed E-state index contributed by atoms with van der Waals surface area (Å²) >= 11 is 0. The Hall–Kier alpha value is -5.27. The standard InChI is InChI=1S/C42H34BN2O5P/c1-41(2)42(3,4)50-43(49-41)27-24-25-31-34(26-27)45(33-19-13-23-38-40(33)30-17-9-11-21-36(30)48-38)51(46,28-14-6-5-7-15-28)44(31)32-18-12-22-37-39(32)29-16-8-10-20-35(29)47-37/h5-26H,1-4H3. The second kappa shape index (κ2) is 10.6. The van der Waals surface area contributed by atoms with Crippen molar-refractivity contribution < 1.29 is 22.7 Å². The van der Waals surface area contributed by atoms with E-state index in [9.17, 15) is 0 Å². The van der Waals surface area contributed by atoms with Gasteiger partial charge in [0.25, 0.3) is 0 Å². The van der Waals surface area contributed by atoms with Crippen molar-refractivity contribution in [2.45, 2.75) is 38.9 Å². The first-order valence-corrected chi connectivity index (χ1v) is 18.8. The van der Waals surface area contributed by atoms with Gasteiger partial charge in [-0.3, -0.25) is 13.9 Å². The van der Waals surface area contributed by atoms with Crippen LogP contribution in [-0.2, 0) is 13.9 Å². The quantitative estimate of drug-likeness (QED) is 0.135. The topological polar surface area (TPSA) is 68.3 Å². The second-order valence-electron chi connectivity index (χ2n) is 14.3. The van der Waals surface area contributed by atoms with Crippen LogP contribution in [0.2, 0.25) is 0 Å². The van der Waals surface area contributed by atoms with Gasteiger partial charge in [-0.2, -0.15) is 0 Å².